The number of carboxylic acid groups (broad SMARTS) is 1. The van der Waals surface area contributed by atoms with Crippen molar-refractivity contribution in [3.63, 3.8) is 0 Å². The molecule has 0 aromatic carbocycles. The molecule has 0 bridgehead atoms. The van der Waals surface area contributed by atoms with E-state index in [1.165, 1.54) is 0 Å². The SMILES string of the molecule is NCC1CCC(C(=O)N2CCC[C@@H](C(=O)O)C2)O1. The van der Waals surface area contributed by atoms with Crippen molar-refractivity contribution in [3.05, 3.63) is 0 Å². The monoisotopic (exact) mass is 256 g/mol. The van der Waals surface area contributed by atoms with Crippen LogP contribution in [0.5, 0.6) is 0 Å². The summed E-state index contributed by atoms with van der Waals surface area (Å²) in [6, 6.07) is 0. The van der Waals surface area contributed by atoms with E-state index >= 15 is 0 Å². The van der Waals surface area contributed by atoms with E-state index in [0.717, 1.165) is 12.8 Å². The van der Waals surface area contributed by atoms with Gasteiger partial charge in [0.15, 0.2) is 0 Å². The Morgan fingerprint density at radius 1 is 1.33 bits per heavy atom. The molecule has 6 nitrogen and oxygen atoms in total. The summed E-state index contributed by atoms with van der Waals surface area (Å²) >= 11 is 0. The van der Waals surface area contributed by atoms with Gasteiger partial charge in [0.25, 0.3) is 5.91 Å². The van der Waals surface area contributed by atoms with E-state index in [9.17, 15) is 9.59 Å². The number of hydrogen-bond acceptors (Lipinski definition) is 4. The third-order valence-electron chi connectivity index (χ3n) is 3.73. The van der Waals surface area contributed by atoms with Gasteiger partial charge in [0.2, 0.25) is 0 Å². The predicted molar refractivity (Wildman–Crippen MR) is 63.9 cm³/mol. The lowest BCUT2D eigenvalue weighted by atomic mass is 9.97. The normalized spacial score (nSPS) is 32.5. The van der Waals surface area contributed by atoms with Gasteiger partial charge in [-0.2, -0.15) is 0 Å². The molecular weight excluding hydrogens is 236 g/mol. The number of ether oxygens (including phenoxy) is 1. The third-order valence-corrected chi connectivity index (χ3v) is 3.73. The van der Waals surface area contributed by atoms with Crippen LogP contribution in [0.1, 0.15) is 25.7 Å². The summed E-state index contributed by atoms with van der Waals surface area (Å²) in [5.41, 5.74) is 5.51. The molecule has 3 N–H and O–H groups in total. The van der Waals surface area contributed by atoms with Crippen molar-refractivity contribution >= 4 is 11.9 Å². The number of rotatable bonds is 3. The fourth-order valence-electron chi connectivity index (χ4n) is 2.64. The fourth-order valence-corrected chi connectivity index (χ4v) is 2.64. The third kappa shape index (κ3) is 2.81. The molecule has 2 fully saturated rings. The Morgan fingerprint density at radius 3 is 2.72 bits per heavy atom. The fraction of sp³-hybridized carbons (Fsp3) is 0.833. The molecule has 2 heterocycles. The number of hydrogen-bond donors (Lipinski definition) is 2. The van der Waals surface area contributed by atoms with Gasteiger partial charge in [-0.25, -0.2) is 0 Å². The summed E-state index contributed by atoms with van der Waals surface area (Å²) < 4.78 is 5.56. The number of nitrogens with zero attached hydrogens (tertiary/aromatic N) is 1. The van der Waals surface area contributed by atoms with E-state index in [1.807, 2.05) is 0 Å². The molecule has 2 aliphatic rings. The lowest BCUT2D eigenvalue weighted by Gasteiger charge is -2.32. The largest absolute Gasteiger partial charge is 0.481 e. The van der Waals surface area contributed by atoms with Crippen molar-refractivity contribution in [3.8, 4) is 0 Å². The number of carbonyl (C=O) groups excluding carboxylic acids is 1. The number of nitrogens with two attached hydrogens (primary N) is 1. The standard InChI is InChI=1S/C12H20N2O4/c13-6-9-3-4-10(18-9)11(15)14-5-1-2-8(7-14)12(16)17/h8-10H,1-7,13H2,(H,16,17)/t8-,9?,10?/m1/s1. The van der Waals surface area contributed by atoms with Crippen LogP contribution in [0.2, 0.25) is 0 Å². The van der Waals surface area contributed by atoms with Crippen LogP contribution < -0.4 is 5.73 Å². The Kier molecular flexibility index (Phi) is 4.19. The minimum Gasteiger partial charge on any atom is -0.481 e. The maximum Gasteiger partial charge on any atom is 0.308 e. The molecule has 3 atom stereocenters. The average molecular weight is 256 g/mol. The molecule has 2 rings (SSSR count). The summed E-state index contributed by atoms with van der Waals surface area (Å²) in [7, 11) is 0. The number of carbonyl (C=O) groups is 2. The molecule has 1 amide bonds. The molecule has 102 valence electrons. The first-order valence-corrected chi connectivity index (χ1v) is 6.49. The summed E-state index contributed by atoms with van der Waals surface area (Å²) in [6.07, 6.45) is 2.44. The quantitative estimate of drug-likeness (QED) is 0.730. The Labute approximate surface area is 106 Å². The second kappa shape index (κ2) is 5.67. The van der Waals surface area contributed by atoms with Gasteiger partial charge in [0.1, 0.15) is 6.10 Å². The van der Waals surface area contributed by atoms with Crippen molar-refractivity contribution < 1.29 is 19.4 Å². The number of piperidine rings is 1. The van der Waals surface area contributed by atoms with Crippen molar-refractivity contribution in [1.29, 1.82) is 0 Å². The Balaban J connectivity index is 1.91. The smallest absolute Gasteiger partial charge is 0.308 e. The lowest BCUT2D eigenvalue weighted by Crippen LogP contribution is -2.46. The van der Waals surface area contributed by atoms with E-state index in [1.54, 1.807) is 4.90 Å². The number of amides is 1. The van der Waals surface area contributed by atoms with Gasteiger partial charge in [-0.05, 0) is 25.7 Å². The van der Waals surface area contributed by atoms with Gasteiger partial charge in [-0.3, -0.25) is 9.59 Å². The van der Waals surface area contributed by atoms with Crippen LogP contribution in [0.3, 0.4) is 0 Å². The molecule has 6 heteroatoms. The highest BCUT2D eigenvalue weighted by atomic mass is 16.5. The zero-order valence-corrected chi connectivity index (χ0v) is 10.4. The summed E-state index contributed by atoms with van der Waals surface area (Å²) in [4.78, 5) is 24.8. The van der Waals surface area contributed by atoms with Crippen LogP contribution >= 0.6 is 0 Å². The minimum atomic E-state index is -0.820. The van der Waals surface area contributed by atoms with Crippen LogP contribution in [0.4, 0.5) is 0 Å². The Hall–Kier alpha value is -1.14. The van der Waals surface area contributed by atoms with Crippen LogP contribution in [0.15, 0.2) is 0 Å². The van der Waals surface area contributed by atoms with Crippen LogP contribution in [-0.2, 0) is 14.3 Å². The molecule has 18 heavy (non-hydrogen) atoms. The van der Waals surface area contributed by atoms with E-state index in [2.05, 4.69) is 0 Å². The first-order chi connectivity index (χ1) is 8.61. The van der Waals surface area contributed by atoms with E-state index in [4.69, 9.17) is 15.6 Å². The number of carboxylic acids is 1. The highest BCUT2D eigenvalue weighted by Gasteiger charge is 2.36. The summed E-state index contributed by atoms with van der Waals surface area (Å²) in [5, 5.41) is 9.00. The Morgan fingerprint density at radius 2 is 2.11 bits per heavy atom. The van der Waals surface area contributed by atoms with Crippen LogP contribution in [0.25, 0.3) is 0 Å². The maximum atomic E-state index is 12.2. The number of likely N-dealkylation sites (tertiary alicyclic amines) is 1. The zero-order chi connectivity index (χ0) is 13.1. The van der Waals surface area contributed by atoms with Crippen molar-refractivity contribution in [1.82, 2.24) is 4.90 Å². The highest BCUT2D eigenvalue weighted by Crippen LogP contribution is 2.24. The van der Waals surface area contributed by atoms with Gasteiger partial charge in [0, 0.05) is 19.6 Å². The van der Waals surface area contributed by atoms with Gasteiger partial charge >= 0.3 is 5.97 Å². The molecule has 0 aromatic heterocycles. The topological polar surface area (TPSA) is 92.9 Å². The summed E-state index contributed by atoms with van der Waals surface area (Å²) in [5.74, 6) is -1.33. The predicted octanol–water partition coefficient (Wildman–Crippen LogP) is -0.184. The van der Waals surface area contributed by atoms with Gasteiger partial charge in [-0.15, -0.1) is 0 Å². The molecule has 0 aliphatic carbocycles. The van der Waals surface area contributed by atoms with Crippen molar-refractivity contribution in [2.75, 3.05) is 19.6 Å². The molecule has 0 radical (unpaired) electrons. The maximum absolute atomic E-state index is 12.2. The highest BCUT2D eigenvalue weighted by molar-refractivity contribution is 5.82. The average Bonchev–Trinajstić information content (AvgIpc) is 2.86. The van der Waals surface area contributed by atoms with E-state index in [-0.39, 0.29) is 12.0 Å². The van der Waals surface area contributed by atoms with Gasteiger partial charge < -0.3 is 20.5 Å². The first kappa shape index (κ1) is 13.3. The molecule has 2 aliphatic heterocycles. The second-order valence-electron chi connectivity index (χ2n) is 5.02. The second-order valence-corrected chi connectivity index (χ2v) is 5.02. The molecule has 2 saturated heterocycles. The minimum absolute atomic E-state index is 0.0287. The molecule has 2 unspecified atom stereocenters. The first-order valence-electron chi connectivity index (χ1n) is 6.49. The molecule has 0 spiro atoms. The number of aliphatic carboxylic acids is 1. The molecule has 0 aromatic rings. The Bertz CT molecular complexity index is 334. The van der Waals surface area contributed by atoms with Crippen molar-refractivity contribution in [2.24, 2.45) is 11.7 Å². The summed E-state index contributed by atoms with van der Waals surface area (Å²) in [6.45, 7) is 1.37. The van der Waals surface area contributed by atoms with Gasteiger partial charge in [-0.1, -0.05) is 0 Å². The van der Waals surface area contributed by atoms with Gasteiger partial charge in [0.05, 0.1) is 12.0 Å². The van der Waals surface area contributed by atoms with Crippen LogP contribution in [0, 0.1) is 5.92 Å². The molecule has 0 saturated carbocycles. The molecular formula is C12H20N2O4. The lowest BCUT2D eigenvalue weighted by molar-refractivity contribution is -0.150. The van der Waals surface area contributed by atoms with Crippen molar-refractivity contribution in [2.45, 2.75) is 37.9 Å². The zero-order valence-electron chi connectivity index (χ0n) is 10.4. The van der Waals surface area contributed by atoms with E-state index < -0.39 is 18.0 Å². The van der Waals surface area contributed by atoms with Crippen LogP contribution in [-0.4, -0.2) is 53.7 Å². The van der Waals surface area contributed by atoms with E-state index in [0.29, 0.717) is 32.5 Å².